The summed E-state index contributed by atoms with van der Waals surface area (Å²) in [6, 6.07) is 4.26. The fraction of sp³-hybridized carbons (Fsp3) is 0.375. The Balaban J connectivity index is 2.82. The van der Waals surface area contributed by atoms with Crippen LogP contribution in [-0.4, -0.2) is 16.7 Å². The van der Waals surface area contributed by atoms with E-state index < -0.39 is 0 Å². The van der Waals surface area contributed by atoms with E-state index in [-0.39, 0.29) is 0 Å². The van der Waals surface area contributed by atoms with Crippen LogP contribution in [0.25, 0.3) is 11.3 Å². The van der Waals surface area contributed by atoms with Gasteiger partial charge in [-0.25, -0.2) is 4.98 Å². The second kappa shape index (κ2) is 5.01. The van der Waals surface area contributed by atoms with Crippen LogP contribution in [0.15, 0.2) is 6.07 Å². The van der Waals surface area contributed by atoms with Gasteiger partial charge in [-0.3, -0.25) is 0 Å². The molecule has 0 aliphatic heterocycles. The summed E-state index contributed by atoms with van der Waals surface area (Å²) in [5.74, 6) is 1.74. The Kier molecular flexibility index (Phi) is 3.54. The maximum absolute atomic E-state index is 9.30. The van der Waals surface area contributed by atoms with E-state index in [0.29, 0.717) is 5.69 Å². The molecule has 104 valence electrons. The molecule has 0 fully saturated rings. The molecule has 4 heteroatoms. The molecule has 0 unspecified atom stereocenters. The van der Waals surface area contributed by atoms with Gasteiger partial charge in [-0.15, -0.1) is 0 Å². The molecule has 2 aromatic rings. The van der Waals surface area contributed by atoms with E-state index in [4.69, 9.17) is 4.74 Å². The minimum absolute atomic E-state index is 0.470. The molecule has 1 heterocycles. The number of nitriles is 1. The SMILES string of the molecule is COc1c(C)cc(-c2c(C#N)nc(C)n2C)c(C)c1C. The number of ether oxygens (including phenoxy) is 1. The Bertz CT molecular complexity index is 721. The third kappa shape index (κ3) is 1.96. The van der Waals surface area contributed by atoms with Crippen molar-refractivity contribution >= 4 is 0 Å². The lowest BCUT2D eigenvalue weighted by Gasteiger charge is -2.16. The third-order valence-corrected chi connectivity index (χ3v) is 3.91. The van der Waals surface area contributed by atoms with Gasteiger partial charge in [-0.05, 0) is 50.5 Å². The van der Waals surface area contributed by atoms with E-state index in [9.17, 15) is 5.26 Å². The Hall–Kier alpha value is -2.28. The van der Waals surface area contributed by atoms with Gasteiger partial charge in [-0.2, -0.15) is 5.26 Å². The first-order chi connectivity index (χ1) is 9.42. The molecule has 0 atom stereocenters. The van der Waals surface area contributed by atoms with Crippen LogP contribution in [0, 0.1) is 39.0 Å². The monoisotopic (exact) mass is 269 g/mol. The highest BCUT2D eigenvalue weighted by Gasteiger charge is 2.19. The van der Waals surface area contributed by atoms with Crippen molar-refractivity contribution in [1.82, 2.24) is 9.55 Å². The van der Waals surface area contributed by atoms with Crippen molar-refractivity contribution in [2.75, 3.05) is 7.11 Å². The second-order valence-electron chi connectivity index (χ2n) is 5.05. The molecule has 0 saturated carbocycles. The average Bonchev–Trinajstić information content (AvgIpc) is 2.70. The molecule has 0 saturated heterocycles. The number of rotatable bonds is 2. The molecule has 1 aromatic heterocycles. The number of aromatic nitrogens is 2. The summed E-state index contributed by atoms with van der Waals surface area (Å²) in [5.41, 5.74) is 5.67. The van der Waals surface area contributed by atoms with Gasteiger partial charge < -0.3 is 9.30 Å². The van der Waals surface area contributed by atoms with Crippen molar-refractivity contribution < 1.29 is 4.74 Å². The molecule has 20 heavy (non-hydrogen) atoms. The molecule has 2 rings (SSSR count). The first-order valence-electron chi connectivity index (χ1n) is 6.50. The van der Waals surface area contributed by atoms with Crippen molar-refractivity contribution in [3.63, 3.8) is 0 Å². The van der Waals surface area contributed by atoms with E-state index in [2.05, 4.69) is 24.0 Å². The zero-order valence-electron chi connectivity index (χ0n) is 12.8. The zero-order valence-corrected chi connectivity index (χ0v) is 12.8. The standard InChI is InChI=1S/C16H19N3O/c1-9-7-13(10(2)11(3)16(9)20-6)15-14(8-17)18-12(4)19(15)5/h7H,1-6H3. The number of methoxy groups -OCH3 is 1. The number of aryl methyl sites for hydroxylation is 2. The smallest absolute Gasteiger partial charge is 0.166 e. The third-order valence-electron chi connectivity index (χ3n) is 3.91. The van der Waals surface area contributed by atoms with Gasteiger partial charge >= 0.3 is 0 Å². The van der Waals surface area contributed by atoms with Crippen LogP contribution in [-0.2, 0) is 7.05 Å². The van der Waals surface area contributed by atoms with Crippen molar-refractivity contribution in [3.05, 3.63) is 34.3 Å². The van der Waals surface area contributed by atoms with Crippen molar-refractivity contribution in [2.45, 2.75) is 27.7 Å². The zero-order chi connectivity index (χ0) is 15.0. The van der Waals surface area contributed by atoms with E-state index in [0.717, 1.165) is 39.5 Å². The van der Waals surface area contributed by atoms with Crippen molar-refractivity contribution in [1.29, 1.82) is 5.26 Å². The van der Waals surface area contributed by atoms with Gasteiger partial charge in [0.05, 0.1) is 12.8 Å². The lowest BCUT2D eigenvalue weighted by Crippen LogP contribution is -2.01. The summed E-state index contributed by atoms with van der Waals surface area (Å²) in [5, 5.41) is 9.30. The molecule has 1 aromatic carbocycles. The van der Waals surface area contributed by atoms with Gasteiger partial charge in [-0.1, -0.05) is 0 Å². The van der Waals surface area contributed by atoms with Crippen LogP contribution in [0.2, 0.25) is 0 Å². The molecular formula is C16H19N3O. The van der Waals surface area contributed by atoms with E-state index in [1.165, 1.54) is 0 Å². The molecule has 0 bridgehead atoms. The molecule has 0 aliphatic rings. The topological polar surface area (TPSA) is 50.8 Å². The Labute approximate surface area is 119 Å². The Morgan fingerprint density at radius 1 is 1.20 bits per heavy atom. The van der Waals surface area contributed by atoms with Gasteiger partial charge in [0.1, 0.15) is 17.6 Å². The number of benzene rings is 1. The molecule has 0 radical (unpaired) electrons. The van der Waals surface area contributed by atoms with Crippen LogP contribution >= 0.6 is 0 Å². The highest BCUT2D eigenvalue weighted by molar-refractivity contribution is 5.73. The van der Waals surface area contributed by atoms with Crippen LogP contribution in [0.3, 0.4) is 0 Å². The van der Waals surface area contributed by atoms with E-state index in [1.54, 1.807) is 7.11 Å². The Morgan fingerprint density at radius 2 is 1.85 bits per heavy atom. The molecule has 4 nitrogen and oxygen atoms in total. The highest BCUT2D eigenvalue weighted by atomic mass is 16.5. The number of imidazole rings is 1. The maximum Gasteiger partial charge on any atom is 0.166 e. The summed E-state index contributed by atoms with van der Waals surface area (Å²) in [6.07, 6.45) is 0. The number of nitrogens with zero attached hydrogens (tertiary/aromatic N) is 3. The summed E-state index contributed by atoms with van der Waals surface area (Å²) < 4.78 is 7.42. The van der Waals surface area contributed by atoms with Crippen LogP contribution < -0.4 is 4.74 Å². The van der Waals surface area contributed by atoms with Gasteiger partial charge in [0.15, 0.2) is 5.69 Å². The maximum atomic E-state index is 9.30. The summed E-state index contributed by atoms with van der Waals surface area (Å²) in [4.78, 5) is 4.32. The fourth-order valence-electron chi connectivity index (χ4n) is 2.62. The van der Waals surface area contributed by atoms with Crippen LogP contribution in [0.5, 0.6) is 5.75 Å². The predicted molar refractivity (Wildman–Crippen MR) is 78.9 cm³/mol. The lowest BCUT2D eigenvalue weighted by atomic mass is 9.95. The summed E-state index contributed by atoms with van der Waals surface area (Å²) in [7, 11) is 3.62. The fourth-order valence-corrected chi connectivity index (χ4v) is 2.62. The summed E-state index contributed by atoms with van der Waals surface area (Å²) in [6.45, 7) is 8.02. The van der Waals surface area contributed by atoms with Gasteiger partial charge in [0.2, 0.25) is 0 Å². The lowest BCUT2D eigenvalue weighted by molar-refractivity contribution is 0.408. The first-order valence-corrected chi connectivity index (χ1v) is 6.50. The molecule has 0 aliphatic carbocycles. The molecular weight excluding hydrogens is 250 g/mol. The van der Waals surface area contributed by atoms with E-state index >= 15 is 0 Å². The predicted octanol–water partition coefficient (Wildman–Crippen LogP) is 3.20. The molecule has 0 N–H and O–H groups in total. The minimum Gasteiger partial charge on any atom is -0.496 e. The van der Waals surface area contributed by atoms with Gasteiger partial charge in [0, 0.05) is 12.6 Å². The normalized spacial score (nSPS) is 10.4. The molecule has 0 amide bonds. The second-order valence-corrected chi connectivity index (χ2v) is 5.05. The highest BCUT2D eigenvalue weighted by Crippen LogP contribution is 2.35. The number of hydrogen-bond donors (Lipinski definition) is 0. The van der Waals surface area contributed by atoms with Crippen molar-refractivity contribution in [2.24, 2.45) is 7.05 Å². The van der Waals surface area contributed by atoms with E-state index in [1.807, 2.05) is 32.4 Å². The number of hydrogen-bond acceptors (Lipinski definition) is 3. The first kappa shape index (κ1) is 14.1. The average molecular weight is 269 g/mol. The van der Waals surface area contributed by atoms with Crippen molar-refractivity contribution in [3.8, 4) is 23.1 Å². The van der Waals surface area contributed by atoms with Gasteiger partial charge in [0.25, 0.3) is 0 Å². The molecule has 0 spiro atoms. The minimum atomic E-state index is 0.470. The summed E-state index contributed by atoms with van der Waals surface area (Å²) >= 11 is 0. The Morgan fingerprint density at radius 3 is 2.40 bits per heavy atom. The quantitative estimate of drug-likeness (QED) is 0.841. The largest absolute Gasteiger partial charge is 0.496 e. The van der Waals surface area contributed by atoms with Crippen LogP contribution in [0.4, 0.5) is 0 Å². The van der Waals surface area contributed by atoms with Crippen LogP contribution in [0.1, 0.15) is 28.2 Å².